The van der Waals surface area contributed by atoms with Gasteiger partial charge in [0.05, 0.1) is 10.6 Å². The second-order valence-corrected chi connectivity index (χ2v) is 5.42. The lowest BCUT2D eigenvalue weighted by Crippen LogP contribution is -2.08. The van der Waals surface area contributed by atoms with Crippen LogP contribution in [-0.2, 0) is 4.79 Å². The summed E-state index contributed by atoms with van der Waals surface area (Å²) in [6, 6.07) is 9.63. The maximum absolute atomic E-state index is 12.1. The number of amides is 1. The molecule has 0 unspecified atom stereocenters. The molecule has 5 heteroatoms. The number of carbonyl (C=O) groups is 1. The van der Waals surface area contributed by atoms with E-state index in [9.17, 15) is 4.79 Å². The topological polar surface area (TPSA) is 45.2 Å². The molecule has 4 nitrogen and oxygen atoms in total. The summed E-state index contributed by atoms with van der Waals surface area (Å²) in [5.74, 6) is 0.339. The van der Waals surface area contributed by atoms with Gasteiger partial charge in [-0.3, -0.25) is 4.79 Å². The molecular weight excluding hydrogens is 286 g/mol. The third kappa shape index (κ3) is 2.50. The average Bonchev–Trinajstić information content (AvgIpc) is 2.77. The summed E-state index contributed by atoms with van der Waals surface area (Å²) in [4.78, 5) is 18.2. The van der Waals surface area contributed by atoms with Crippen LogP contribution in [0.25, 0.3) is 11.6 Å². The molecule has 0 saturated heterocycles. The molecule has 2 aromatic rings. The summed E-state index contributed by atoms with van der Waals surface area (Å²) in [5.41, 5.74) is 3.26. The van der Waals surface area contributed by atoms with E-state index in [1.807, 2.05) is 49.3 Å². The summed E-state index contributed by atoms with van der Waals surface area (Å²) in [6.45, 7) is 0. The Balaban J connectivity index is 2.03. The van der Waals surface area contributed by atoms with E-state index >= 15 is 0 Å². The van der Waals surface area contributed by atoms with E-state index in [1.165, 1.54) is 0 Å². The third-order valence-electron chi connectivity index (χ3n) is 3.37. The highest BCUT2D eigenvalue weighted by molar-refractivity contribution is 6.41. The molecule has 1 aromatic heterocycles. The van der Waals surface area contributed by atoms with Crippen molar-refractivity contribution in [3.05, 3.63) is 52.7 Å². The van der Waals surface area contributed by atoms with Crippen molar-refractivity contribution in [1.29, 1.82) is 0 Å². The normalized spacial score (nSPS) is 15.0. The maximum atomic E-state index is 12.1. The second-order valence-electron chi connectivity index (χ2n) is 5.01. The highest BCUT2D eigenvalue weighted by Gasteiger charge is 2.27. The van der Waals surface area contributed by atoms with Gasteiger partial charge < -0.3 is 10.2 Å². The minimum atomic E-state index is -0.178. The molecule has 0 bridgehead atoms. The van der Waals surface area contributed by atoms with Gasteiger partial charge in [-0.15, -0.1) is 0 Å². The van der Waals surface area contributed by atoms with Crippen molar-refractivity contribution < 1.29 is 4.79 Å². The molecule has 1 amide bonds. The van der Waals surface area contributed by atoms with Crippen LogP contribution in [0.1, 0.15) is 11.1 Å². The lowest BCUT2D eigenvalue weighted by Gasteiger charge is -2.12. The fourth-order valence-corrected chi connectivity index (χ4v) is 2.50. The van der Waals surface area contributed by atoms with Gasteiger partial charge in [0.2, 0.25) is 0 Å². The van der Waals surface area contributed by atoms with Crippen molar-refractivity contribution in [2.45, 2.75) is 0 Å². The molecule has 1 aliphatic rings. The Hall–Kier alpha value is -2.33. The Morgan fingerprint density at radius 3 is 2.57 bits per heavy atom. The molecule has 1 aromatic carbocycles. The lowest BCUT2D eigenvalue weighted by atomic mass is 10.1. The van der Waals surface area contributed by atoms with Crippen LogP contribution in [0, 0.1) is 0 Å². The molecule has 0 atom stereocenters. The number of fused-ring (bicyclic) bond motifs is 1. The van der Waals surface area contributed by atoms with Gasteiger partial charge in [0.25, 0.3) is 5.91 Å². The van der Waals surface area contributed by atoms with Crippen molar-refractivity contribution in [2.24, 2.45) is 0 Å². The van der Waals surface area contributed by atoms with E-state index in [4.69, 9.17) is 11.6 Å². The third-order valence-corrected chi connectivity index (χ3v) is 3.68. The minimum Gasteiger partial charge on any atom is -0.378 e. The van der Waals surface area contributed by atoms with E-state index in [1.54, 1.807) is 12.3 Å². The molecule has 2 heterocycles. The molecule has 21 heavy (non-hydrogen) atoms. The van der Waals surface area contributed by atoms with E-state index in [2.05, 4.69) is 10.3 Å². The van der Waals surface area contributed by atoms with Crippen LogP contribution in [0.4, 0.5) is 11.5 Å². The van der Waals surface area contributed by atoms with Crippen LogP contribution < -0.4 is 10.2 Å². The number of pyridine rings is 1. The van der Waals surface area contributed by atoms with E-state index in [0.717, 1.165) is 11.3 Å². The van der Waals surface area contributed by atoms with Gasteiger partial charge in [-0.05, 0) is 29.8 Å². The lowest BCUT2D eigenvalue weighted by molar-refractivity contribution is -0.110. The first kappa shape index (κ1) is 13.6. The number of aromatic nitrogens is 1. The highest BCUT2D eigenvalue weighted by Crippen LogP contribution is 2.36. The molecule has 0 radical (unpaired) electrons. The van der Waals surface area contributed by atoms with Gasteiger partial charge >= 0.3 is 0 Å². The Kier molecular flexibility index (Phi) is 3.39. The zero-order valence-corrected chi connectivity index (χ0v) is 12.5. The summed E-state index contributed by atoms with van der Waals surface area (Å²) < 4.78 is 0. The van der Waals surface area contributed by atoms with Gasteiger partial charge in [-0.1, -0.05) is 23.7 Å². The zero-order valence-electron chi connectivity index (χ0n) is 11.7. The summed E-state index contributed by atoms with van der Waals surface area (Å²) in [6.07, 6.45) is 3.41. The molecule has 106 valence electrons. The number of rotatable bonds is 2. The first-order chi connectivity index (χ1) is 10.1. The van der Waals surface area contributed by atoms with Crippen LogP contribution >= 0.6 is 11.6 Å². The molecule has 0 fully saturated rings. The number of anilines is 2. The summed E-state index contributed by atoms with van der Waals surface area (Å²) in [5, 5.41) is 3.25. The van der Waals surface area contributed by atoms with E-state index in [0.29, 0.717) is 22.0 Å². The predicted molar refractivity (Wildman–Crippen MR) is 86.5 cm³/mol. The Labute approximate surface area is 128 Å². The number of carbonyl (C=O) groups excluding carboxylic acids is 1. The van der Waals surface area contributed by atoms with Crippen LogP contribution in [0.3, 0.4) is 0 Å². The zero-order chi connectivity index (χ0) is 15.0. The second kappa shape index (κ2) is 5.22. The highest BCUT2D eigenvalue weighted by atomic mass is 35.5. The smallest absolute Gasteiger partial charge is 0.257 e. The quantitative estimate of drug-likeness (QED) is 0.866. The van der Waals surface area contributed by atoms with Gasteiger partial charge in [0, 0.05) is 31.5 Å². The standard InChI is InChI=1S/C16H14ClN3O/c1-20(2)11-5-3-10(4-6-11)9-12-14-13(17)7-8-18-15(14)19-16(12)21/h3-9H,1-2H3,(H,18,19,21)/b12-9+. The molecule has 0 aliphatic carbocycles. The molecule has 0 saturated carbocycles. The van der Waals surface area contributed by atoms with Gasteiger partial charge in [0.1, 0.15) is 5.82 Å². The van der Waals surface area contributed by atoms with Crippen molar-refractivity contribution in [1.82, 2.24) is 4.98 Å². The Morgan fingerprint density at radius 1 is 1.19 bits per heavy atom. The number of nitrogens with one attached hydrogen (secondary N) is 1. The van der Waals surface area contributed by atoms with Crippen molar-refractivity contribution in [3.8, 4) is 0 Å². The summed E-state index contributed by atoms with van der Waals surface area (Å²) in [7, 11) is 3.97. The van der Waals surface area contributed by atoms with Crippen LogP contribution in [0.15, 0.2) is 36.5 Å². The van der Waals surface area contributed by atoms with Gasteiger partial charge in [0.15, 0.2) is 0 Å². The average molecular weight is 300 g/mol. The molecule has 1 aliphatic heterocycles. The largest absolute Gasteiger partial charge is 0.378 e. The number of nitrogens with zero attached hydrogens (tertiary/aromatic N) is 2. The molecular formula is C16H14ClN3O. The molecule has 3 rings (SSSR count). The Bertz CT molecular complexity index is 736. The first-order valence-electron chi connectivity index (χ1n) is 6.51. The summed E-state index contributed by atoms with van der Waals surface area (Å²) >= 11 is 6.18. The van der Waals surface area contributed by atoms with Crippen LogP contribution in [0.5, 0.6) is 0 Å². The van der Waals surface area contributed by atoms with Gasteiger partial charge in [-0.25, -0.2) is 4.98 Å². The van der Waals surface area contributed by atoms with Crippen LogP contribution in [-0.4, -0.2) is 25.0 Å². The van der Waals surface area contributed by atoms with Crippen molar-refractivity contribution >= 4 is 40.7 Å². The van der Waals surface area contributed by atoms with E-state index in [-0.39, 0.29) is 5.91 Å². The first-order valence-corrected chi connectivity index (χ1v) is 6.89. The number of halogens is 1. The molecule has 0 spiro atoms. The Morgan fingerprint density at radius 2 is 1.90 bits per heavy atom. The minimum absolute atomic E-state index is 0.178. The van der Waals surface area contributed by atoms with Gasteiger partial charge in [-0.2, -0.15) is 0 Å². The monoisotopic (exact) mass is 299 g/mol. The number of benzene rings is 1. The number of hydrogen-bond donors (Lipinski definition) is 1. The van der Waals surface area contributed by atoms with E-state index < -0.39 is 0 Å². The molecule has 1 N–H and O–H groups in total. The van der Waals surface area contributed by atoms with Crippen molar-refractivity contribution in [2.75, 3.05) is 24.3 Å². The fourth-order valence-electron chi connectivity index (χ4n) is 2.25. The number of hydrogen-bond acceptors (Lipinski definition) is 3. The fraction of sp³-hybridized carbons (Fsp3) is 0.125. The maximum Gasteiger partial charge on any atom is 0.257 e. The van der Waals surface area contributed by atoms with Crippen molar-refractivity contribution in [3.63, 3.8) is 0 Å². The van der Waals surface area contributed by atoms with Crippen LogP contribution in [0.2, 0.25) is 5.02 Å². The predicted octanol–water partition coefficient (Wildman–Crippen LogP) is 3.29. The SMILES string of the molecule is CN(C)c1ccc(/C=C2/C(=O)Nc3nccc(Cl)c32)cc1.